The van der Waals surface area contributed by atoms with Crippen LogP contribution in [0.4, 0.5) is 0 Å². The van der Waals surface area contributed by atoms with E-state index in [0.717, 1.165) is 11.1 Å². The fraction of sp³-hybridized carbons (Fsp3) is 0.350. The van der Waals surface area contributed by atoms with Crippen LogP contribution in [-0.4, -0.2) is 38.1 Å². The van der Waals surface area contributed by atoms with Gasteiger partial charge in [-0.3, -0.25) is 4.79 Å². The van der Waals surface area contributed by atoms with Crippen molar-refractivity contribution in [2.75, 3.05) is 18.8 Å². The zero-order valence-electron chi connectivity index (χ0n) is 15.1. The molecule has 1 amide bonds. The van der Waals surface area contributed by atoms with Gasteiger partial charge in [-0.25, -0.2) is 8.42 Å². The van der Waals surface area contributed by atoms with Crippen LogP contribution in [-0.2, 0) is 21.8 Å². The van der Waals surface area contributed by atoms with Crippen molar-refractivity contribution in [1.82, 2.24) is 4.90 Å². The molecule has 2 N–H and O–H groups in total. The van der Waals surface area contributed by atoms with Crippen molar-refractivity contribution in [2.45, 2.75) is 29.7 Å². The summed E-state index contributed by atoms with van der Waals surface area (Å²) in [6.45, 7) is 1.34. The van der Waals surface area contributed by atoms with Crippen LogP contribution in [0, 0.1) is 0 Å². The van der Waals surface area contributed by atoms with Crippen molar-refractivity contribution in [3.05, 3.63) is 63.1 Å². The Labute approximate surface area is 174 Å². The lowest BCUT2D eigenvalue weighted by molar-refractivity contribution is 0.0678. The third-order valence-electron chi connectivity index (χ3n) is 5.83. The van der Waals surface area contributed by atoms with Gasteiger partial charge < -0.3 is 10.6 Å². The Morgan fingerprint density at radius 3 is 2.43 bits per heavy atom. The molecule has 0 aromatic heterocycles. The highest BCUT2D eigenvalue weighted by atomic mass is 35.5. The van der Waals surface area contributed by atoms with Crippen molar-refractivity contribution in [3.8, 4) is 0 Å². The van der Waals surface area contributed by atoms with E-state index in [0.29, 0.717) is 53.0 Å². The zero-order valence-corrected chi connectivity index (χ0v) is 17.4. The minimum Gasteiger partial charge on any atom is -0.339 e. The van der Waals surface area contributed by atoms with E-state index < -0.39 is 15.3 Å². The lowest BCUT2D eigenvalue weighted by atomic mass is 9.74. The summed E-state index contributed by atoms with van der Waals surface area (Å²) in [6, 6.07) is 10.2. The first-order valence-corrected chi connectivity index (χ1v) is 11.5. The summed E-state index contributed by atoms with van der Waals surface area (Å²) < 4.78 is 25.4. The first-order valence-electron chi connectivity index (χ1n) is 9.06. The van der Waals surface area contributed by atoms with Crippen molar-refractivity contribution >= 4 is 38.9 Å². The van der Waals surface area contributed by atoms with E-state index in [1.165, 1.54) is 0 Å². The van der Waals surface area contributed by atoms with Gasteiger partial charge in [0.05, 0.1) is 20.7 Å². The van der Waals surface area contributed by atoms with Gasteiger partial charge in [-0.15, -0.1) is 0 Å². The summed E-state index contributed by atoms with van der Waals surface area (Å²) in [4.78, 5) is 15.0. The highest BCUT2D eigenvalue weighted by Gasteiger charge is 2.49. The number of nitrogens with zero attached hydrogens (tertiary/aromatic N) is 1. The normalized spacial score (nSPS) is 19.6. The van der Waals surface area contributed by atoms with E-state index in [-0.39, 0.29) is 11.7 Å². The lowest BCUT2D eigenvalue weighted by Crippen LogP contribution is -2.46. The predicted molar refractivity (Wildman–Crippen MR) is 110 cm³/mol. The molecule has 1 fully saturated rings. The molecule has 0 atom stereocenters. The molecule has 28 heavy (non-hydrogen) atoms. The number of benzene rings is 2. The number of carbonyl (C=O) groups is 1. The van der Waals surface area contributed by atoms with Gasteiger partial charge in [0.1, 0.15) is 0 Å². The fourth-order valence-electron chi connectivity index (χ4n) is 4.27. The number of carbonyl (C=O) groups excluding carboxylic acids is 1. The van der Waals surface area contributed by atoms with Crippen LogP contribution in [0.2, 0.25) is 10.0 Å². The van der Waals surface area contributed by atoms with Crippen molar-refractivity contribution in [3.63, 3.8) is 0 Å². The van der Waals surface area contributed by atoms with Crippen LogP contribution in [0.3, 0.4) is 0 Å². The predicted octanol–water partition coefficient (Wildman–Crippen LogP) is 3.41. The Morgan fingerprint density at radius 2 is 1.79 bits per heavy atom. The van der Waals surface area contributed by atoms with E-state index in [4.69, 9.17) is 28.9 Å². The highest BCUT2D eigenvalue weighted by molar-refractivity contribution is 7.91. The molecular weight excluding hydrogens is 419 g/mol. The molecule has 4 rings (SSSR count). The monoisotopic (exact) mass is 438 g/mol. The molecule has 1 saturated heterocycles. The van der Waals surface area contributed by atoms with Gasteiger partial charge >= 0.3 is 0 Å². The molecule has 0 radical (unpaired) electrons. The van der Waals surface area contributed by atoms with Crippen LogP contribution in [0.1, 0.15) is 34.3 Å². The fourth-order valence-corrected chi connectivity index (χ4v) is 6.78. The SMILES string of the molecule is NCc1ccc2c(c1)C1(CCN(C(=O)c3ccc(Cl)c(Cl)c3)CC1)CS2(=O)=O. The van der Waals surface area contributed by atoms with Gasteiger partial charge in [-0.05, 0) is 48.2 Å². The lowest BCUT2D eigenvalue weighted by Gasteiger charge is -2.39. The quantitative estimate of drug-likeness (QED) is 0.778. The smallest absolute Gasteiger partial charge is 0.253 e. The molecular formula is C20H20Cl2N2O3S. The van der Waals surface area contributed by atoms with Crippen molar-refractivity contribution < 1.29 is 13.2 Å². The van der Waals surface area contributed by atoms with Gasteiger partial charge in [0.25, 0.3) is 5.91 Å². The molecule has 5 nitrogen and oxygen atoms in total. The summed E-state index contributed by atoms with van der Waals surface area (Å²) in [6.07, 6.45) is 1.20. The highest BCUT2D eigenvalue weighted by Crippen LogP contribution is 2.47. The van der Waals surface area contributed by atoms with E-state index >= 15 is 0 Å². The van der Waals surface area contributed by atoms with E-state index in [1.807, 2.05) is 6.07 Å². The summed E-state index contributed by atoms with van der Waals surface area (Å²) in [7, 11) is -3.32. The molecule has 0 unspecified atom stereocenters. The largest absolute Gasteiger partial charge is 0.339 e. The number of rotatable bonds is 2. The first kappa shape index (κ1) is 19.7. The van der Waals surface area contributed by atoms with Crippen LogP contribution in [0.15, 0.2) is 41.3 Å². The van der Waals surface area contributed by atoms with Gasteiger partial charge in [-0.2, -0.15) is 0 Å². The minimum atomic E-state index is -3.32. The summed E-state index contributed by atoms with van der Waals surface area (Å²) >= 11 is 12.0. The average Bonchev–Trinajstić information content (AvgIpc) is 2.90. The van der Waals surface area contributed by atoms with Crippen molar-refractivity contribution in [1.29, 1.82) is 0 Å². The molecule has 2 aliphatic heterocycles. The molecule has 0 aliphatic carbocycles. The second-order valence-electron chi connectivity index (χ2n) is 7.50. The molecule has 1 spiro atoms. The Bertz CT molecular complexity index is 1060. The number of likely N-dealkylation sites (tertiary alicyclic amines) is 1. The molecule has 8 heteroatoms. The Kier molecular flexibility index (Phi) is 4.94. The summed E-state index contributed by atoms with van der Waals surface area (Å²) in [5.74, 6) is -0.0248. The third kappa shape index (κ3) is 3.22. The van der Waals surface area contributed by atoms with Gasteiger partial charge in [0, 0.05) is 30.6 Å². The number of nitrogens with two attached hydrogens (primary N) is 1. The zero-order chi connectivity index (χ0) is 20.1. The Hall–Kier alpha value is -1.60. The maximum Gasteiger partial charge on any atom is 0.253 e. The first-order chi connectivity index (χ1) is 13.3. The van der Waals surface area contributed by atoms with Gasteiger partial charge in [-0.1, -0.05) is 35.3 Å². The maximum absolute atomic E-state index is 12.8. The number of sulfone groups is 1. The van der Waals surface area contributed by atoms with E-state index in [2.05, 4.69) is 0 Å². The number of hydrogen-bond acceptors (Lipinski definition) is 4. The number of hydrogen-bond donors (Lipinski definition) is 1. The molecule has 2 heterocycles. The third-order valence-corrected chi connectivity index (χ3v) is 8.52. The van der Waals surface area contributed by atoms with Crippen LogP contribution >= 0.6 is 23.2 Å². The summed E-state index contributed by atoms with van der Waals surface area (Å²) in [5, 5.41) is 0.741. The van der Waals surface area contributed by atoms with Crippen LogP contribution in [0.5, 0.6) is 0 Å². The second-order valence-corrected chi connectivity index (χ2v) is 10.3. The van der Waals surface area contributed by atoms with Crippen LogP contribution in [0.25, 0.3) is 0 Å². The Morgan fingerprint density at radius 1 is 1.07 bits per heavy atom. The molecule has 0 bridgehead atoms. The minimum absolute atomic E-state index is 0.0954. The van der Waals surface area contributed by atoms with Gasteiger partial charge in [0.2, 0.25) is 0 Å². The standard InChI is InChI=1S/C20H20Cl2N2O3S/c21-16-3-2-14(10-17(16)22)19(25)24-7-5-20(6-8-24)12-28(26,27)18-4-1-13(11-23)9-15(18)20/h1-4,9-10H,5-8,11-12,23H2. The molecule has 148 valence electrons. The topological polar surface area (TPSA) is 80.5 Å². The average molecular weight is 439 g/mol. The number of halogens is 2. The molecule has 2 aromatic rings. The number of amides is 1. The molecule has 2 aromatic carbocycles. The number of piperidine rings is 1. The number of fused-ring (bicyclic) bond motifs is 2. The molecule has 0 saturated carbocycles. The summed E-state index contributed by atoms with van der Waals surface area (Å²) in [5.41, 5.74) is 7.57. The van der Waals surface area contributed by atoms with Crippen LogP contribution < -0.4 is 5.73 Å². The van der Waals surface area contributed by atoms with Gasteiger partial charge in [0.15, 0.2) is 9.84 Å². The second kappa shape index (κ2) is 7.02. The maximum atomic E-state index is 12.8. The van der Waals surface area contributed by atoms with E-state index in [1.54, 1.807) is 35.2 Å². The van der Waals surface area contributed by atoms with E-state index in [9.17, 15) is 13.2 Å². The molecule has 2 aliphatic rings. The Balaban J connectivity index is 1.59. The van der Waals surface area contributed by atoms with Crippen molar-refractivity contribution in [2.24, 2.45) is 5.73 Å².